The van der Waals surface area contributed by atoms with E-state index in [0.29, 0.717) is 17.8 Å². The van der Waals surface area contributed by atoms with Gasteiger partial charge in [-0.05, 0) is 39.0 Å². The predicted molar refractivity (Wildman–Crippen MR) is 86.6 cm³/mol. The number of rotatable bonds is 1. The topological polar surface area (TPSA) is 51.5 Å². The first-order valence-corrected chi connectivity index (χ1v) is 8.57. The Morgan fingerprint density at radius 2 is 2.04 bits per heavy atom. The summed E-state index contributed by atoms with van der Waals surface area (Å²) < 4.78 is 8.23. The number of amides is 1. The van der Waals surface area contributed by atoms with Gasteiger partial charge in [0.1, 0.15) is 5.69 Å². The van der Waals surface area contributed by atoms with Gasteiger partial charge in [0, 0.05) is 23.4 Å². The summed E-state index contributed by atoms with van der Waals surface area (Å²) in [5.74, 6) is 0.0948. The molecule has 1 amide bonds. The zero-order chi connectivity index (χ0) is 16.5. The van der Waals surface area contributed by atoms with Crippen molar-refractivity contribution in [3.63, 3.8) is 0 Å². The van der Waals surface area contributed by atoms with Crippen LogP contribution >= 0.6 is 0 Å². The van der Waals surface area contributed by atoms with Crippen molar-refractivity contribution in [2.45, 2.75) is 77.3 Å². The molecule has 2 fully saturated rings. The van der Waals surface area contributed by atoms with Gasteiger partial charge in [-0.15, -0.1) is 0 Å². The summed E-state index contributed by atoms with van der Waals surface area (Å²) in [7, 11) is 0. The maximum Gasteiger partial charge on any atom is 0.273 e. The van der Waals surface area contributed by atoms with Gasteiger partial charge in [-0.3, -0.25) is 9.59 Å². The van der Waals surface area contributed by atoms with Gasteiger partial charge in [0.2, 0.25) is 0 Å². The van der Waals surface area contributed by atoms with Gasteiger partial charge in [-0.25, -0.2) is 0 Å². The monoisotopic (exact) mass is 316 g/mol. The lowest BCUT2D eigenvalue weighted by Crippen LogP contribution is -2.64. The minimum Gasteiger partial charge on any atom is -0.351 e. The molecule has 4 rings (SSSR count). The molecule has 5 heteroatoms. The third-order valence-corrected chi connectivity index (χ3v) is 5.70. The number of fused-ring (bicyclic) bond motifs is 5. The average Bonchev–Trinajstić information content (AvgIpc) is 2.83. The van der Waals surface area contributed by atoms with E-state index in [2.05, 4.69) is 0 Å². The molecule has 0 radical (unpaired) electrons. The first-order chi connectivity index (χ1) is 10.8. The Morgan fingerprint density at radius 1 is 1.30 bits per heavy atom. The van der Waals surface area contributed by atoms with E-state index in [1.54, 1.807) is 6.92 Å². The standard InChI is InChI=1S/C18H24N2O3/c1-10(2)14-8-19-9-18(4)20(12-5-6-13(7-12)23-18)17(22)15(19)11(3)16(14)21/h8,10,12-13H,5-7,9H2,1-4H3/t12-,13+,18+/m0/s1. The van der Waals surface area contributed by atoms with E-state index in [4.69, 9.17) is 4.74 Å². The van der Waals surface area contributed by atoms with Crippen molar-refractivity contribution in [3.8, 4) is 0 Å². The maximum atomic E-state index is 13.2. The minimum absolute atomic E-state index is 0.00503. The lowest BCUT2D eigenvalue weighted by molar-refractivity contribution is -0.202. The number of aromatic nitrogens is 1. The molecular weight excluding hydrogens is 292 g/mol. The Labute approximate surface area is 136 Å². The summed E-state index contributed by atoms with van der Waals surface area (Å²) in [5.41, 5.74) is 1.30. The molecule has 124 valence electrons. The maximum absolute atomic E-state index is 13.2. The second kappa shape index (κ2) is 4.69. The second-order valence-electron chi connectivity index (χ2n) is 7.73. The third-order valence-electron chi connectivity index (χ3n) is 5.70. The SMILES string of the molecule is Cc1c2n(cc(C(C)C)c1=O)C[C@@]1(C)O[C@@H]3CC[C@@H](C3)N1C2=O. The van der Waals surface area contributed by atoms with Crippen molar-refractivity contribution in [2.75, 3.05) is 0 Å². The highest BCUT2D eigenvalue weighted by atomic mass is 16.5. The van der Waals surface area contributed by atoms with E-state index >= 15 is 0 Å². The lowest BCUT2D eigenvalue weighted by Gasteiger charge is -2.51. The Balaban J connectivity index is 1.90. The highest BCUT2D eigenvalue weighted by Gasteiger charge is 2.53. The first kappa shape index (κ1) is 14.9. The van der Waals surface area contributed by atoms with Crippen LogP contribution in [0.4, 0.5) is 0 Å². The fourth-order valence-electron chi connectivity index (χ4n) is 4.64. The number of carbonyl (C=O) groups excluding carboxylic acids is 1. The first-order valence-electron chi connectivity index (χ1n) is 8.57. The van der Waals surface area contributed by atoms with Crippen LogP contribution < -0.4 is 5.43 Å². The quantitative estimate of drug-likeness (QED) is 0.799. The summed E-state index contributed by atoms with van der Waals surface area (Å²) in [4.78, 5) is 27.7. The molecule has 2 bridgehead atoms. The van der Waals surface area contributed by atoms with Gasteiger partial charge in [-0.2, -0.15) is 0 Å². The number of ether oxygens (including phenoxy) is 1. The summed E-state index contributed by atoms with van der Waals surface area (Å²) in [5, 5.41) is 0. The summed E-state index contributed by atoms with van der Waals surface area (Å²) in [6.07, 6.45) is 5.08. The molecule has 23 heavy (non-hydrogen) atoms. The van der Waals surface area contributed by atoms with Gasteiger partial charge in [0.25, 0.3) is 5.91 Å². The smallest absolute Gasteiger partial charge is 0.273 e. The molecule has 0 aromatic carbocycles. The van der Waals surface area contributed by atoms with Crippen LogP contribution in [-0.4, -0.2) is 33.2 Å². The largest absolute Gasteiger partial charge is 0.351 e. The van der Waals surface area contributed by atoms with Crippen molar-refractivity contribution in [2.24, 2.45) is 0 Å². The normalized spacial score (nSPS) is 32.2. The molecule has 3 heterocycles. The lowest BCUT2D eigenvalue weighted by atomic mass is 9.96. The van der Waals surface area contributed by atoms with Crippen LogP contribution in [0.1, 0.15) is 67.6 Å². The van der Waals surface area contributed by atoms with Crippen molar-refractivity contribution < 1.29 is 9.53 Å². The van der Waals surface area contributed by atoms with Crippen LogP contribution in [0.2, 0.25) is 0 Å². The molecule has 1 aromatic heterocycles. The zero-order valence-corrected chi connectivity index (χ0v) is 14.3. The molecule has 0 unspecified atom stereocenters. The summed E-state index contributed by atoms with van der Waals surface area (Å²) >= 11 is 0. The van der Waals surface area contributed by atoms with Crippen LogP contribution in [0.15, 0.2) is 11.0 Å². The molecule has 2 aliphatic heterocycles. The van der Waals surface area contributed by atoms with E-state index in [1.807, 2.05) is 36.4 Å². The molecule has 1 aromatic rings. The van der Waals surface area contributed by atoms with Crippen molar-refractivity contribution in [1.82, 2.24) is 9.47 Å². The Morgan fingerprint density at radius 3 is 2.74 bits per heavy atom. The summed E-state index contributed by atoms with van der Waals surface area (Å²) in [6, 6.07) is 0.249. The molecule has 0 N–H and O–H groups in total. The van der Waals surface area contributed by atoms with Crippen LogP contribution in [0.3, 0.4) is 0 Å². The average molecular weight is 316 g/mol. The van der Waals surface area contributed by atoms with E-state index < -0.39 is 5.72 Å². The fraction of sp³-hybridized carbons (Fsp3) is 0.667. The van der Waals surface area contributed by atoms with Crippen molar-refractivity contribution in [1.29, 1.82) is 0 Å². The Kier molecular flexibility index (Phi) is 3.05. The third kappa shape index (κ3) is 1.95. The molecule has 3 aliphatic rings. The van der Waals surface area contributed by atoms with Crippen LogP contribution in [0, 0.1) is 6.92 Å². The van der Waals surface area contributed by atoms with Crippen molar-refractivity contribution >= 4 is 5.91 Å². The van der Waals surface area contributed by atoms with Crippen molar-refractivity contribution in [3.05, 3.63) is 33.2 Å². The number of hydrogen-bond donors (Lipinski definition) is 0. The molecule has 0 spiro atoms. The molecule has 1 saturated carbocycles. The van der Waals surface area contributed by atoms with Gasteiger partial charge in [0.15, 0.2) is 11.2 Å². The van der Waals surface area contributed by atoms with Gasteiger partial charge >= 0.3 is 0 Å². The fourth-order valence-corrected chi connectivity index (χ4v) is 4.64. The Hall–Kier alpha value is -1.62. The number of pyridine rings is 1. The van der Waals surface area contributed by atoms with E-state index in [0.717, 1.165) is 24.8 Å². The van der Waals surface area contributed by atoms with Crippen LogP contribution in [0.25, 0.3) is 0 Å². The number of carbonyl (C=O) groups is 1. The minimum atomic E-state index is -0.593. The number of hydrogen-bond acceptors (Lipinski definition) is 3. The number of nitrogens with zero attached hydrogens (tertiary/aromatic N) is 2. The highest BCUT2D eigenvalue weighted by molar-refractivity contribution is 5.95. The van der Waals surface area contributed by atoms with Crippen LogP contribution in [-0.2, 0) is 11.3 Å². The highest BCUT2D eigenvalue weighted by Crippen LogP contribution is 2.43. The molecule has 5 nitrogen and oxygen atoms in total. The molecule has 1 aliphatic carbocycles. The molecule has 1 saturated heterocycles. The predicted octanol–water partition coefficient (Wildman–Crippen LogP) is 2.40. The van der Waals surface area contributed by atoms with E-state index in [-0.39, 0.29) is 29.4 Å². The van der Waals surface area contributed by atoms with Gasteiger partial charge in [0.05, 0.1) is 12.6 Å². The van der Waals surface area contributed by atoms with Gasteiger partial charge < -0.3 is 14.2 Å². The van der Waals surface area contributed by atoms with Gasteiger partial charge in [-0.1, -0.05) is 13.8 Å². The van der Waals surface area contributed by atoms with Crippen LogP contribution in [0.5, 0.6) is 0 Å². The van der Waals surface area contributed by atoms with E-state index in [1.165, 1.54) is 0 Å². The molecule has 3 atom stereocenters. The molecular formula is C18H24N2O3. The second-order valence-corrected chi connectivity index (χ2v) is 7.73. The Bertz CT molecular complexity index is 751. The summed E-state index contributed by atoms with van der Waals surface area (Å²) in [6.45, 7) is 8.42. The van der Waals surface area contributed by atoms with E-state index in [9.17, 15) is 9.59 Å². The zero-order valence-electron chi connectivity index (χ0n) is 14.3.